The van der Waals surface area contributed by atoms with E-state index in [4.69, 9.17) is 5.26 Å². The first kappa shape index (κ1) is 17.8. The minimum absolute atomic E-state index is 0.0282. The lowest BCUT2D eigenvalue weighted by Crippen LogP contribution is -2.14. The van der Waals surface area contributed by atoms with Crippen LogP contribution in [0.15, 0.2) is 60.9 Å². The van der Waals surface area contributed by atoms with Gasteiger partial charge < -0.3 is 10.6 Å². The van der Waals surface area contributed by atoms with Crippen molar-refractivity contribution < 1.29 is 9.59 Å². The molecular weight excluding hydrogens is 342 g/mol. The van der Waals surface area contributed by atoms with Gasteiger partial charge in [0.15, 0.2) is 5.78 Å². The van der Waals surface area contributed by atoms with E-state index in [2.05, 4.69) is 20.6 Å². The highest BCUT2D eigenvalue weighted by Gasteiger charge is 2.09. The normalized spacial score (nSPS) is 9.93. The van der Waals surface area contributed by atoms with E-state index < -0.39 is 5.91 Å². The molecule has 7 nitrogen and oxygen atoms in total. The van der Waals surface area contributed by atoms with Crippen LogP contribution in [0.2, 0.25) is 0 Å². The van der Waals surface area contributed by atoms with Crippen LogP contribution in [0.3, 0.4) is 0 Å². The summed E-state index contributed by atoms with van der Waals surface area (Å²) in [5.41, 5.74) is 2.52. The predicted molar refractivity (Wildman–Crippen MR) is 101 cm³/mol. The lowest BCUT2D eigenvalue weighted by molar-refractivity contribution is 0.101. The Morgan fingerprint density at radius 3 is 2.41 bits per heavy atom. The minimum Gasteiger partial charge on any atom is -0.339 e. The van der Waals surface area contributed by atoms with E-state index in [0.29, 0.717) is 28.3 Å². The largest absolute Gasteiger partial charge is 0.339 e. The number of benzene rings is 2. The first-order chi connectivity index (χ1) is 13.0. The molecule has 0 saturated heterocycles. The number of carbonyl (C=O) groups excluding carboxylic acids is 2. The van der Waals surface area contributed by atoms with E-state index in [1.54, 1.807) is 48.5 Å². The number of nitrogens with zero attached hydrogens (tertiary/aromatic N) is 3. The summed E-state index contributed by atoms with van der Waals surface area (Å²) in [5, 5.41) is 14.5. The van der Waals surface area contributed by atoms with E-state index in [0.717, 1.165) is 0 Å². The molecule has 3 aromatic rings. The van der Waals surface area contributed by atoms with Gasteiger partial charge in [-0.05, 0) is 43.3 Å². The molecule has 1 aromatic heterocycles. The Morgan fingerprint density at radius 2 is 1.78 bits per heavy atom. The molecule has 1 amide bonds. The molecule has 2 aromatic carbocycles. The van der Waals surface area contributed by atoms with Crippen molar-refractivity contribution in [3.63, 3.8) is 0 Å². The van der Waals surface area contributed by atoms with Crippen molar-refractivity contribution in [2.45, 2.75) is 6.92 Å². The maximum atomic E-state index is 12.2. The third-order valence-electron chi connectivity index (χ3n) is 3.70. The summed E-state index contributed by atoms with van der Waals surface area (Å²) in [4.78, 5) is 31.9. The van der Waals surface area contributed by atoms with Gasteiger partial charge in [0.1, 0.15) is 11.5 Å². The molecule has 0 aliphatic rings. The molecule has 0 radical (unpaired) electrons. The van der Waals surface area contributed by atoms with Crippen LogP contribution in [0.5, 0.6) is 0 Å². The molecule has 0 bridgehead atoms. The van der Waals surface area contributed by atoms with Crippen LogP contribution in [0, 0.1) is 11.3 Å². The van der Waals surface area contributed by atoms with Crippen molar-refractivity contribution in [3.05, 3.63) is 77.7 Å². The summed E-state index contributed by atoms with van der Waals surface area (Å²) in [6, 6.07) is 15.5. The number of anilines is 3. The van der Waals surface area contributed by atoms with Crippen molar-refractivity contribution >= 4 is 28.9 Å². The molecule has 2 N–H and O–H groups in total. The summed E-state index contributed by atoms with van der Waals surface area (Å²) < 4.78 is 0. The number of carbonyl (C=O) groups is 2. The standard InChI is InChI=1S/C20H15N5O2/c1-13(26)15-3-2-4-17(9-15)24-19-12-22-18(11-23-19)20(27)25-16-7-5-14(10-21)6-8-16/h2-9,11-12H,1H3,(H,23,24)(H,25,27). The molecule has 0 saturated carbocycles. The van der Waals surface area contributed by atoms with Gasteiger partial charge in [-0.2, -0.15) is 5.26 Å². The Balaban J connectivity index is 1.67. The van der Waals surface area contributed by atoms with Crippen LogP contribution in [-0.4, -0.2) is 21.7 Å². The molecule has 1 heterocycles. The quantitative estimate of drug-likeness (QED) is 0.676. The highest BCUT2D eigenvalue weighted by molar-refractivity contribution is 6.02. The van der Waals surface area contributed by atoms with Gasteiger partial charge in [0, 0.05) is 16.9 Å². The van der Waals surface area contributed by atoms with Gasteiger partial charge in [-0.3, -0.25) is 9.59 Å². The highest BCUT2D eigenvalue weighted by atomic mass is 16.2. The maximum absolute atomic E-state index is 12.2. The monoisotopic (exact) mass is 357 g/mol. The number of nitrogens with one attached hydrogen (secondary N) is 2. The summed E-state index contributed by atoms with van der Waals surface area (Å²) >= 11 is 0. The highest BCUT2D eigenvalue weighted by Crippen LogP contribution is 2.16. The average Bonchev–Trinajstić information content (AvgIpc) is 2.69. The van der Waals surface area contributed by atoms with Crippen molar-refractivity contribution in [2.75, 3.05) is 10.6 Å². The Bertz CT molecular complexity index is 1020. The Morgan fingerprint density at radius 1 is 1.00 bits per heavy atom. The van der Waals surface area contributed by atoms with Crippen molar-refractivity contribution in [1.82, 2.24) is 9.97 Å². The van der Waals surface area contributed by atoms with E-state index in [1.807, 2.05) is 6.07 Å². The van der Waals surface area contributed by atoms with Gasteiger partial charge in [-0.25, -0.2) is 9.97 Å². The number of rotatable bonds is 5. The maximum Gasteiger partial charge on any atom is 0.275 e. The number of hydrogen-bond acceptors (Lipinski definition) is 6. The number of hydrogen-bond donors (Lipinski definition) is 2. The number of aromatic nitrogens is 2. The predicted octanol–water partition coefficient (Wildman–Crippen LogP) is 3.55. The Kier molecular flexibility index (Phi) is 5.19. The fourth-order valence-corrected chi connectivity index (χ4v) is 2.30. The second-order valence-corrected chi connectivity index (χ2v) is 5.69. The van der Waals surface area contributed by atoms with Crippen molar-refractivity contribution in [1.29, 1.82) is 5.26 Å². The molecule has 7 heteroatoms. The zero-order valence-corrected chi connectivity index (χ0v) is 14.4. The molecule has 0 aliphatic carbocycles. The molecule has 0 fully saturated rings. The molecule has 0 unspecified atom stereocenters. The molecular formula is C20H15N5O2. The fourth-order valence-electron chi connectivity index (χ4n) is 2.30. The second-order valence-electron chi connectivity index (χ2n) is 5.69. The topological polar surface area (TPSA) is 108 Å². The molecule has 3 rings (SSSR count). The molecule has 0 aliphatic heterocycles. The fraction of sp³-hybridized carbons (Fsp3) is 0.0500. The van der Waals surface area contributed by atoms with E-state index in [9.17, 15) is 9.59 Å². The van der Waals surface area contributed by atoms with Gasteiger partial charge in [0.25, 0.3) is 5.91 Å². The number of nitriles is 1. The van der Waals surface area contributed by atoms with Crippen LogP contribution >= 0.6 is 0 Å². The summed E-state index contributed by atoms with van der Waals surface area (Å²) in [7, 11) is 0. The average molecular weight is 357 g/mol. The minimum atomic E-state index is -0.405. The smallest absolute Gasteiger partial charge is 0.275 e. The van der Waals surface area contributed by atoms with Gasteiger partial charge in [-0.15, -0.1) is 0 Å². The number of Topliss-reactive ketones (excluding diaryl/α,β-unsaturated/α-hetero) is 1. The summed E-state index contributed by atoms with van der Waals surface area (Å²) in [6.07, 6.45) is 2.80. The zero-order chi connectivity index (χ0) is 19.2. The molecule has 132 valence electrons. The van der Waals surface area contributed by atoms with Crippen LogP contribution in [0.1, 0.15) is 33.3 Å². The summed E-state index contributed by atoms with van der Waals surface area (Å²) in [5.74, 6) is 0.0162. The van der Waals surface area contributed by atoms with Crippen LogP contribution in [0.4, 0.5) is 17.2 Å². The number of ketones is 1. The third kappa shape index (κ3) is 4.52. The van der Waals surface area contributed by atoms with E-state index >= 15 is 0 Å². The van der Waals surface area contributed by atoms with E-state index in [-0.39, 0.29) is 11.5 Å². The molecule has 27 heavy (non-hydrogen) atoms. The Hall–Kier alpha value is -4.05. The van der Waals surface area contributed by atoms with Gasteiger partial charge in [0.05, 0.1) is 24.0 Å². The second kappa shape index (κ2) is 7.89. The molecule has 0 atom stereocenters. The number of amides is 1. The first-order valence-electron chi connectivity index (χ1n) is 8.07. The van der Waals surface area contributed by atoms with Crippen LogP contribution in [0.25, 0.3) is 0 Å². The third-order valence-corrected chi connectivity index (χ3v) is 3.70. The summed E-state index contributed by atoms with van der Waals surface area (Å²) in [6.45, 7) is 1.50. The molecule has 0 spiro atoms. The SMILES string of the molecule is CC(=O)c1cccc(Nc2cnc(C(=O)Nc3ccc(C#N)cc3)cn2)c1. The lowest BCUT2D eigenvalue weighted by Gasteiger charge is -2.08. The van der Waals surface area contributed by atoms with Crippen LogP contribution in [-0.2, 0) is 0 Å². The van der Waals surface area contributed by atoms with Crippen molar-refractivity contribution in [2.24, 2.45) is 0 Å². The van der Waals surface area contributed by atoms with E-state index in [1.165, 1.54) is 19.3 Å². The first-order valence-corrected chi connectivity index (χ1v) is 8.07. The van der Waals surface area contributed by atoms with Gasteiger partial charge in [-0.1, -0.05) is 12.1 Å². The van der Waals surface area contributed by atoms with Crippen LogP contribution < -0.4 is 10.6 Å². The van der Waals surface area contributed by atoms with Gasteiger partial charge in [0.2, 0.25) is 0 Å². The lowest BCUT2D eigenvalue weighted by atomic mass is 10.1. The zero-order valence-electron chi connectivity index (χ0n) is 14.4. The van der Waals surface area contributed by atoms with Crippen molar-refractivity contribution in [3.8, 4) is 6.07 Å². The van der Waals surface area contributed by atoms with Gasteiger partial charge >= 0.3 is 0 Å². The Labute approximate surface area is 155 Å².